The van der Waals surface area contributed by atoms with E-state index in [0.29, 0.717) is 23.3 Å². The number of nitrogens with one attached hydrogen (secondary N) is 1. The average Bonchev–Trinajstić information content (AvgIpc) is 2.67. The van der Waals surface area contributed by atoms with Gasteiger partial charge in [0.15, 0.2) is 6.20 Å². The van der Waals surface area contributed by atoms with Crippen LogP contribution in [-0.2, 0) is 6.42 Å². The van der Waals surface area contributed by atoms with Crippen molar-refractivity contribution in [2.24, 2.45) is 0 Å². The van der Waals surface area contributed by atoms with Crippen molar-refractivity contribution in [3.05, 3.63) is 101 Å². The van der Waals surface area contributed by atoms with Gasteiger partial charge in [-0.2, -0.15) is 4.73 Å². The number of nitrogens with zero attached hydrogens (tertiary/aromatic N) is 1. The summed E-state index contributed by atoms with van der Waals surface area (Å²) in [5.41, 5.74) is 2.55. The number of rotatable bonds is 6. The molecule has 1 unspecified atom stereocenters. The summed E-state index contributed by atoms with van der Waals surface area (Å²) in [5.74, 6) is -0.456. The number of benzene rings is 2. The standard InChI is InChI=1S/C21H20N2O3/c24-20(17-8-2-1-3-9-17)13-12-16-7-6-10-18(15-16)22-21(25)19-11-4-5-14-23(19)26/h1-11,14-15,20,24H,12-13H2,(H,22,25). The molecule has 2 N–H and O–H groups in total. The monoisotopic (exact) mass is 348 g/mol. The van der Waals surface area contributed by atoms with Gasteiger partial charge in [-0.15, -0.1) is 0 Å². The molecule has 1 amide bonds. The Kier molecular flexibility index (Phi) is 5.61. The van der Waals surface area contributed by atoms with Gasteiger partial charge in [-0.05, 0) is 42.2 Å². The van der Waals surface area contributed by atoms with Gasteiger partial charge in [0, 0.05) is 17.8 Å². The number of aromatic nitrogens is 1. The summed E-state index contributed by atoms with van der Waals surface area (Å²) < 4.78 is 0.537. The van der Waals surface area contributed by atoms with Gasteiger partial charge in [-0.1, -0.05) is 42.5 Å². The first kappa shape index (κ1) is 17.6. The van der Waals surface area contributed by atoms with Crippen molar-refractivity contribution in [2.75, 3.05) is 5.32 Å². The van der Waals surface area contributed by atoms with E-state index in [0.717, 1.165) is 11.1 Å². The first-order chi connectivity index (χ1) is 12.6. The summed E-state index contributed by atoms with van der Waals surface area (Å²) in [6.07, 6.45) is 2.02. The smallest absolute Gasteiger partial charge is 0.321 e. The van der Waals surface area contributed by atoms with Crippen LogP contribution in [0.25, 0.3) is 0 Å². The van der Waals surface area contributed by atoms with Gasteiger partial charge in [0.1, 0.15) is 0 Å². The number of aliphatic hydroxyl groups is 1. The molecule has 0 aliphatic heterocycles. The molecule has 0 aliphatic carbocycles. The van der Waals surface area contributed by atoms with Gasteiger partial charge in [-0.3, -0.25) is 4.79 Å². The molecule has 1 atom stereocenters. The van der Waals surface area contributed by atoms with E-state index >= 15 is 0 Å². The SMILES string of the molecule is O=C(Nc1cccc(CCC(O)c2ccccc2)c1)c1cccc[n+]1[O-]. The van der Waals surface area contributed by atoms with Crippen LogP contribution in [-0.4, -0.2) is 11.0 Å². The van der Waals surface area contributed by atoms with Crippen LogP contribution in [0, 0.1) is 5.21 Å². The zero-order chi connectivity index (χ0) is 18.4. The minimum absolute atomic E-state index is 0.0393. The minimum Gasteiger partial charge on any atom is -0.618 e. The van der Waals surface area contributed by atoms with E-state index in [1.165, 1.54) is 12.3 Å². The average molecular weight is 348 g/mol. The summed E-state index contributed by atoms with van der Waals surface area (Å²) in [6.45, 7) is 0. The molecule has 0 aliphatic rings. The predicted octanol–water partition coefficient (Wildman–Crippen LogP) is 3.24. The molecule has 1 heterocycles. The Labute approximate surface area is 152 Å². The van der Waals surface area contributed by atoms with E-state index in [4.69, 9.17) is 0 Å². The van der Waals surface area contributed by atoms with Crippen LogP contribution in [0.2, 0.25) is 0 Å². The number of aryl methyl sites for hydroxylation is 1. The normalized spacial score (nSPS) is 11.7. The van der Waals surface area contributed by atoms with Crippen molar-refractivity contribution < 1.29 is 14.6 Å². The molecule has 0 bridgehead atoms. The lowest BCUT2D eigenvalue weighted by molar-refractivity contribution is -0.607. The van der Waals surface area contributed by atoms with Crippen LogP contribution in [0.5, 0.6) is 0 Å². The lowest BCUT2D eigenvalue weighted by Gasteiger charge is -2.12. The Hall–Kier alpha value is -3.18. The highest BCUT2D eigenvalue weighted by molar-refractivity contribution is 6.01. The van der Waals surface area contributed by atoms with Crippen LogP contribution < -0.4 is 10.0 Å². The van der Waals surface area contributed by atoms with Crippen molar-refractivity contribution in [3.8, 4) is 0 Å². The quantitative estimate of drug-likeness (QED) is 0.530. The minimum atomic E-state index is -0.529. The summed E-state index contributed by atoms with van der Waals surface area (Å²) >= 11 is 0. The Morgan fingerprint density at radius 1 is 1.04 bits per heavy atom. The Morgan fingerprint density at radius 2 is 1.81 bits per heavy atom. The van der Waals surface area contributed by atoms with Gasteiger partial charge in [-0.25, -0.2) is 0 Å². The topological polar surface area (TPSA) is 76.3 Å². The van der Waals surface area contributed by atoms with Crippen molar-refractivity contribution in [3.63, 3.8) is 0 Å². The summed E-state index contributed by atoms with van der Waals surface area (Å²) in [6, 6.07) is 21.6. The summed E-state index contributed by atoms with van der Waals surface area (Å²) in [5, 5.41) is 24.7. The largest absolute Gasteiger partial charge is 0.618 e. The van der Waals surface area contributed by atoms with E-state index in [1.54, 1.807) is 18.2 Å². The van der Waals surface area contributed by atoms with E-state index in [9.17, 15) is 15.1 Å². The third kappa shape index (κ3) is 4.46. The van der Waals surface area contributed by atoms with Crippen LogP contribution >= 0.6 is 0 Å². The first-order valence-corrected chi connectivity index (χ1v) is 8.45. The van der Waals surface area contributed by atoms with Crippen molar-refractivity contribution >= 4 is 11.6 Å². The lowest BCUT2D eigenvalue weighted by Crippen LogP contribution is -2.36. The lowest BCUT2D eigenvalue weighted by atomic mass is 10.0. The van der Waals surface area contributed by atoms with Crippen LogP contribution in [0.4, 0.5) is 5.69 Å². The van der Waals surface area contributed by atoms with Crippen LogP contribution in [0.1, 0.15) is 34.1 Å². The number of hydrogen-bond donors (Lipinski definition) is 2. The Morgan fingerprint density at radius 3 is 2.58 bits per heavy atom. The molecule has 3 rings (SSSR count). The van der Waals surface area contributed by atoms with Crippen LogP contribution in [0.15, 0.2) is 79.0 Å². The second-order valence-corrected chi connectivity index (χ2v) is 6.03. The number of hydrogen-bond acceptors (Lipinski definition) is 3. The molecule has 132 valence electrons. The molecule has 0 radical (unpaired) electrons. The fourth-order valence-corrected chi connectivity index (χ4v) is 2.75. The van der Waals surface area contributed by atoms with E-state index in [-0.39, 0.29) is 5.69 Å². The predicted molar refractivity (Wildman–Crippen MR) is 99.5 cm³/mol. The fraction of sp³-hybridized carbons (Fsp3) is 0.143. The molecule has 0 spiro atoms. The second-order valence-electron chi connectivity index (χ2n) is 6.03. The maximum atomic E-state index is 12.2. The number of carbonyl (C=O) groups is 1. The van der Waals surface area contributed by atoms with E-state index in [2.05, 4.69) is 5.32 Å². The second kappa shape index (κ2) is 8.27. The zero-order valence-corrected chi connectivity index (χ0v) is 14.2. The summed E-state index contributed by atoms with van der Waals surface area (Å²) in [4.78, 5) is 12.2. The molecule has 0 saturated heterocycles. The van der Waals surface area contributed by atoms with E-state index < -0.39 is 12.0 Å². The number of aliphatic hydroxyl groups excluding tert-OH is 1. The molecule has 5 nitrogen and oxygen atoms in total. The highest BCUT2D eigenvalue weighted by Crippen LogP contribution is 2.20. The maximum Gasteiger partial charge on any atom is 0.321 e. The number of carbonyl (C=O) groups excluding carboxylic acids is 1. The third-order valence-electron chi connectivity index (χ3n) is 4.13. The molecule has 26 heavy (non-hydrogen) atoms. The Bertz CT molecular complexity index is 881. The van der Waals surface area contributed by atoms with E-state index in [1.807, 2.05) is 48.5 Å². The highest BCUT2D eigenvalue weighted by Gasteiger charge is 2.15. The number of amides is 1. The van der Waals surface area contributed by atoms with Gasteiger partial charge in [0.05, 0.1) is 6.10 Å². The zero-order valence-electron chi connectivity index (χ0n) is 14.2. The van der Waals surface area contributed by atoms with Gasteiger partial charge < -0.3 is 15.6 Å². The van der Waals surface area contributed by atoms with Crippen molar-refractivity contribution in [1.82, 2.24) is 0 Å². The molecule has 0 fully saturated rings. The van der Waals surface area contributed by atoms with Crippen molar-refractivity contribution in [2.45, 2.75) is 18.9 Å². The first-order valence-electron chi connectivity index (χ1n) is 8.45. The molecular formula is C21H20N2O3. The van der Waals surface area contributed by atoms with Crippen molar-refractivity contribution in [1.29, 1.82) is 0 Å². The molecule has 5 heteroatoms. The Balaban J connectivity index is 1.63. The number of anilines is 1. The third-order valence-corrected chi connectivity index (χ3v) is 4.13. The van der Waals surface area contributed by atoms with Gasteiger partial charge in [0.25, 0.3) is 5.69 Å². The summed E-state index contributed by atoms with van der Waals surface area (Å²) in [7, 11) is 0. The van der Waals surface area contributed by atoms with Crippen LogP contribution in [0.3, 0.4) is 0 Å². The molecule has 3 aromatic rings. The maximum absolute atomic E-state index is 12.2. The molecular weight excluding hydrogens is 328 g/mol. The van der Waals surface area contributed by atoms with Gasteiger partial charge in [0.2, 0.25) is 0 Å². The highest BCUT2D eigenvalue weighted by atomic mass is 16.5. The molecule has 1 aromatic heterocycles. The molecule has 2 aromatic carbocycles. The van der Waals surface area contributed by atoms with Gasteiger partial charge >= 0.3 is 5.91 Å². The fourth-order valence-electron chi connectivity index (χ4n) is 2.75. The molecule has 0 saturated carbocycles. The number of pyridine rings is 1.